The Morgan fingerprint density at radius 3 is 2.40 bits per heavy atom. The second-order valence-corrected chi connectivity index (χ2v) is 19.1. The molecule has 7 atom stereocenters. The second kappa shape index (κ2) is 19.5. The third kappa shape index (κ3) is 12.7. The van der Waals surface area contributed by atoms with Crippen molar-refractivity contribution in [1.82, 2.24) is 30.2 Å². The van der Waals surface area contributed by atoms with E-state index in [1.54, 1.807) is 12.1 Å². The molecular formula is C32H42N7O17P3S. The van der Waals surface area contributed by atoms with Crippen molar-refractivity contribution in [2.45, 2.75) is 50.9 Å². The Morgan fingerprint density at radius 1 is 0.983 bits per heavy atom. The number of ether oxygens (including phenoxy) is 1. The molecule has 0 saturated carbocycles. The third-order valence-corrected chi connectivity index (χ3v) is 12.7. The van der Waals surface area contributed by atoms with Crippen molar-refractivity contribution in [3.8, 4) is 0 Å². The third-order valence-electron chi connectivity index (χ3n) is 8.72. The Balaban J connectivity index is 1.04. The lowest BCUT2D eigenvalue weighted by Gasteiger charge is -2.30. The molecule has 4 aromatic rings. The average molecular weight is 922 g/mol. The Hall–Kier alpha value is -3.74. The fourth-order valence-corrected chi connectivity index (χ4v) is 9.19. The molecule has 3 unspecified atom stereocenters. The molecule has 0 spiro atoms. The van der Waals surface area contributed by atoms with Gasteiger partial charge in [0.25, 0.3) is 0 Å². The van der Waals surface area contributed by atoms with Crippen molar-refractivity contribution >= 4 is 79.9 Å². The average Bonchev–Trinajstić information content (AvgIpc) is 3.74. The van der Waals surface area contributed by atoms with E-state index in [9.17, 15) is 57.9 Å². The van der Waals surface area contributed by atoms with Crippen LogP contribution in [0.25, 0.3) is 21.9 Å². The Labute approximate surface area is 344 Å². The zero-order chi connectivity index (χ0) is 44.0. The smallest absolute Gasteiger partial charge is 0.386 e. The number of fused-ring (bicyclic) bond motifs is 2. The molecule has 1 fully saturated rings. The van der Waals surface area contributed by atoms with Gasteiger partial charge >= 0.3 is 23.5 Å². The van der Waals surface area contributed by atoms with Crippen molar-refractivity contribution in [3.63, 3.8) is 0 Å². The van der Waals surface area contributed by atoms with Crippen molar-refractivity contribution < 1.29 is 80.5 Å². The number of nitrogens with one attached hydrogen (secondary N) is 2. The number of carbonyl (C=O) groups excluding carboxylic acids is 3. The van der Waals surface area contributed by atoms with E-state index in [-0.39, 0.29) is 41.6 Å². The second-order valence-electron chi connectivity index (χ2n) is 13.8. The normalized spacial score (nSPS) is 21.0. The van der Waals surface area contributed by atoms with E-state index in [0.717, 1.165) is 39.8 Å². The zero-order valence-corrected chi connectivity index (χ0v) is 35.1. The number of phosphoric ester groups is 3. The number of rotatable bonds is 20. The monoisotopic (exact) mass is 921 g/mol. The number of nitrogens with zero attached hydrogens (tertiary/aromatic N) is 4. The van der Waals surface area contributed by atoms with Crippen LogP contribution in [0.1, 0.15) is 36.9 Å². The summed E-state index contributed by atoms with van der Waals surface area (Å²) in [5, 5.41) is 28.3. The van der Waals surface area contributed by atoms with E-state index in [1.165, 1.54) is 13.8 Å². The maximum atomic E-state index is 12.7. The summed E-state index contributed by atoms with van der Waals surface area (Å²) in [6.07, 6.45) is -6.96. The van der Waals surface area contributed by atoms with Crippen LogP contribution in [0.15, 0.2) is 55.1 Å². The van der Waals surface area contributed by atoms with Gasteiger partial charge in [0.05, 0.1) is 19.5 Å². The Morgan fingerprint density at radius 2 is 1.68 bits per heavy atom. The van der Waals surface area contributed by atoms with Crippen LogP contribution in [0.3, 0.4) is 0 Å². The van der Waals surface area contributed by atoms with Crippen LogP contribution in [0.4, 0.5) is 5.82 Å². The summed E-state index contributed by atoms with van der Waals surface area (Å²) in [6, 6.07) is 13.0. The summed E-state index contributed by atoms with van der Waals surface area (Å²) in [5.41, 5.74) is 4.78. The van der Waals surface area contributed by atoms with Gasteiger partial charge in [-0.05, 0) is 22.9 Å². The molecule has 0 radical (unpaired) electrons. The van der Waals surface area contributed by atoms with Crippen molar-refractivity contribution in [1.29, 1.82) is 0 Å². The van der Waals surface area contributed by atoms with Crippen molar-refractivity contribution in [2.24, 2.45) is 5.41 Å². The molecule has 0 aliphatic carbocycles. The van der Waals surface area contributed by atoms with Crippen LogP contribution >= 0.6 is 35.2 Å². The van der Waals surface area contributed by atoms with Gasteiger partial charge in [-0.3, -0.25) is 32.5 Å². The molecule has 1 aliphatic rings. The zero-order valence-electron chi connectivity index (χ0n) is 31.6. The van der Waals surface area contributed by atoms with E-state index in [2.05, 4.69) is 34.4 Å². The van der Waals surface area contributed by atoms with Gasteiger partial charge in [0.2, 0.25) is 16.9 Å². The highest BCUT2D eigenvalue weighted by molar-refractivity contribution is 8.14. The van der Waals surface area contributed by atoms with Crippen LogP contribution in [0, 0.1) is 5.41 Å². The minimum absolute atomic E-state index is 0.0285. The number of aliphatic hydroxyl groups is 2. The number of nitrogens with two attached hydrogens (primary N) is 1. The lowest BCUT2D eigenvalue weighted by atomic mass is 9.87. The quantitative estimate of drug-likeness (QED) is 0.0443. The SMILES string of the molecule is CC(C)(COP(=O)(O)OP(=O)(O)OC[C@H]1O[C@@H](n2cnc3c(N)ncnc32)[C@H](O)[C@@H]1OP(=O)(O)O)C(O)C(=O)NCCC(=O)NCCSC(=O)c1ccc2ccccc2c1. The lowest BCUT2D eigenvalue weighted by Crippen LogP contribution is -2.46. The molecular weight excluding hydrogens is 879 g/mol. The van der Waals surface area contributed by atoms with Gasteiger partial charge in [0.1, 0.15) is 36.3 Å². The molecule has 10 N–H and O–H groups in total. The predicted octanol–water partition coefficient (Wildman–Crippen LogP) is 1.13. The standard InChI is InChI=1S/C32H42N7O17P3S/c1-32(2,26(42)29(43)35-10-9-22(40)34-11-12-60-31(44)20-8-7-18-5-3-4-6-19(18)13-20)15-53-59(50,51)56-58(48,49)52-14-21-25(55-57(45,46)47)24(41)30(54-21)39-17-38-23-27(33)36-16-37-28(23)39/h3-8,13,16-17,21,24-26,30,41-42H,9-12,14-15H2,1-2H3,(H,34,40)(H,35,43)(H,48,49)(H,50,51)(H2,33,36,37)(H2,45,46,47)/t21-,24-,25-,26?,30-/m1/s1. The number of aliphatic hydroxyl groups excluding tert-OH is 2. The van der Waals surface area contributed by atoms with Crippen molar-refractivity contribution in [2.75, 3.05) is 37.8 Å². The molecule has 60 heavy (non-hydrogen) atoms. The van der Waals surface area contributed by atoms with Crippen LogP contribution in [-0.2, 0) is 45.9 Å². The van der Waals surface area contributed by atoms with E-state index < -0.39 is 84.6 Å². The molecule has 2 amide bonds. The summed E-state index contributed by atoms with van der Waals surface area (Å²) < 4.78 is 62.3. The maximum absolute atomic E-state index is 12.7. The van der Waals surface area contributed by atoms with Crippen LogP contribution in [-0.4, -0.2) is 123 Å². The molecule has 28 heteroatoms. The van der Waals surface area contributed by atoms with E-state index in [4.69, 9.17) is 19.5 Å². The largest absolute Gasteiger partial charge is 0.481 e. The number of anilines is 1. The number of hydrogen-bond acceptors (Lipinski definition) is 18. The fourth-order valence-electron chi connectivity index (χ4n) is 5.67. The molecule has 1 saturated heterocycles. The van der Waals surface area contributed by atoms with Gasteiger partial charge < -0.3 is 50.9 Å². The summed E-state index contributed by atoms with van der Waals surface area (Å²) in [5.74, 6) is -1.19. The first-order valence-electron chi connectivity index (χ1n) is 17.6. The van der Waals surface area contributed by atoms with Crippen molar-refractivity contribution in [3.05, 3.63) is 60.7 Å². The highest BCUT2D eigenvalue weighted by Crippen LogP contribution is 2.61. The minimum atomic E-state index is -5.58. The Kier molecular flexibility index (Phi) is 15.4. The van der Waals surface area contributed by atoms with Crippen LogP contribution < -0.4 is 16.4 Å². The van der Waals surface area contributed by atoms with E-state index >= 15 is 0 Å². The highest BCUT2D eigenvalue weighted by Gasteiger charge is 2.50. The first kappa shape index (κ1) is 47.3. The van der Waals surface area contributed by atoms with E-state index in [1.807, 2.05) is 30.3 Å². The highest BCUT2D eigenvalue weighted by atomic mass is 32.2. The molecule has 2 aromatic carbocycles. The topological polar surface area (TPSA) is 364 Å². The van der Waals surface area contributed by atoms with Crippen LogP contribution in [0.2, 0.25) is 0 Å². The predicted molar refractivity (Wildman–Crippen MR) is 210 cm³/mol. The van der Waals surface area contributed by atoms with Gasteiger partial charge in [-0.25, -0.2) is 28.6 Å². The minimum Gasteiger partial charge on any atom is -0.386 e. The number of benzene rings is 2. The van der Waals surface area contributed by atoms with Crippen LogP contribution in [0.5, 0.6) is 0 Å². The number of aromatic nitrogens is 4. The summed E-state index contributed by atoms with van der Waals surface area (Å²) in [7, 11) is -16.4. The first-order chi connectivity index (χ1) is 28.1. The number of nitrogen functional groups attached to an aromatic ring is 1. The number of amides is 2. The summed E-state index contributed by atoms with van der Waals surface area (Å²) in [4.78, 5) is 88.5. The number of thioether (sulfide) groups is 1. The number of carbonyl (C=O) groups is 3. The van der Waals surface area contributed by atoms with Gasteiger partial charge in [-0.2, -0.15) is 4.31 Å². The van der Waals surface area contributed by atoms with Gasteiger partial charge in [-0.1, -0.05) is 55.9 Å². The number of imidazole rings is 1. The molecule has 24 nitrogen and oxygen atoms in total. The molecule has 5 rings (SSSR count). The first-order valence-corrected chi connectivity index (χ1v) is 23.1. The fraction of sp³-hybridized carbons (Fsp3) is 0.438. The molecule has 328 valence electrons. The molecule has 1 aliphatic heterocycles. The maximum Gasteiger partial charge on any atom is 0.481 e. The summed E-state index contributed by atoms with van der Waals surface area (Å²) >= 11 is 1.03. The number of phosphoric acid groups is 3. The molecule has 2 aromatic heterocycles. The number of hydrogen-bond donors (Lipinski definition) is 9. The summed E-state index contributed by atoms with van der Waals surface area (Å²) in [6.45, 7) is 0.427. The molecule has 3 heterocycles. The lowest BCUT2D eigenvalue weighted by molar-refractivity contribution is -0.137. The van der Waals surface area contributed by atoms with Gasteiger partial charge in [0.15, 0.2) is 17.7 Å². The van der Waals surface area contributed by atoms with E-state index in [0.29, 0.717) is 11.3 Å². The van der Waals surface area contributed by atoms with Gasteiger partial charge in [-0.15, -0.1) is 0 Å². The molecule has 0 bridgehead atoms. The Bertz CT molecular complexity index is 2350. The van der Waals surface area contributed by atoms with Gasteiger partial charge in [0, 0.05) is 36.2 Å².